The average molecular weight is 352 g/mol. The molecule has 3 heterocycles. The highest BCUT2D eigenvalue weighted by Crippen LogP contribution is 2.30. The maximum absolute atomic E-state index is 12.4. The summed E-state index contributed by atoms with van der Waals surface area (Å²) in [6.45, 7) is 4.80. The molecule has 0 N–H and O–H groups in total. The molecule has 1 amide bonds. The molecule has 5 nitrogen and oxygen atoms in total. The van der Waals surface area contributed by atoms with Crippen LogP contribution in [0.2, 0.25) is 0 Å². The van der Waals surface area contributed by atoms with E-state index >= 15 is 0 Å². The van der Waals surface area contributed by atoms with Gasteiger partial charge in [0.15, 0.2) is 0 Å². The minimum Gasteiger partial charge on any atom is -0.342 e. The predicted octanol–water partition coefficient (Wildman–Crippen LogP) is 3.68. The van der Waals surface area contributed by atoms with Crippen LogP contribution >= 0.6 is 0 Å². The Hall–Kier alpha value is -2.17. The molecular formula is C21H28N4O. The van der Waals surface area contributed by atoms with Gasteiger partial charge >= 0.3 is 0 Å². The lowest BCUT2D eigenvalue weighted by Gasteiger charge is -2.40. The molecular weight excluding hydrogens is 324 g/mol. The number of hydrogen-bond donors (Lipinski definition) is 0. The lowest BCUT2D eigenvalue weighted by molar-refractivity contribution is -0.138. The molecule has 2 aromatic heterocycles. The van der Waals surface area contributed by atoms with E-state index in [1.165, 1.54) is 31.4 Å². The van der Waals surface area contributed by atoms with Crippen LogP contribution in [0.1, 0.15) is 44.2 Å². The van der Waals surface area contributed by atoms with Crippen molar-refractivity contribution in [1.29, 1.82) is 0 Å². The summed E-state index contributed by atoms with van der Waals surface area (Å²) in [6, 6.07) is 4.00. The largest absolute Gasteiger partial charge is 0.342 e. The van der Waals surface area contributed by atoms with Gasteiger partial charge in [-0.2, -0.15) is 0 Å². The minimum absolute atomic E-state index is 0.352. The molecule has 138 valence electrons. The first-order chi connectivity index (χ1) is 12.7. The number of nitrogens with zero attached hydrogens (tertiary/aromatic N) is 4. The Kier molecular flexibility index (Phi) is 5.05. The fourth-order valence-electron chi connectivity index (χ4n) is 4.35. The zero-order valence-electron chi connectivity index (χ0n) is 15.6. The van der Waals surface area contributed by atoms with Crippen molar-refractivity contribution in [2.75, 3.05) is 13.1 Å². The smallest absolute Gasteiger partial charge is 0.222 e. The van der Waals surface area contributed by atoms with Crippen molar-refractivity contribution in [2.45, 2.75) is 52.0 Å². The summed E-state index contributed by atoms with van der Waals surface area (Å²) in [4.78, 5) is 23.1. The molecule has 2 fully saturated rings. The maximum atomic E-state index is 12.4. The normalized spacial score (nSPS) is 18.3. The summed E-state index contributed by atoms with van der Waals surface area (Å²) in [6.07, 6.45) is 12.7. The highest BCUT2D eigenvalue weighted by Gasteiger charge is 2.31. The van der Waals surface area contributed by atoms with Gasteiger partial charge in [0, 0.05) is 61.8 Å². The minimum atomic E-state index is 0.352. The maximum Gasteiger partial charge on any atom is 0.222 e. The summed E-state index contributed by atoms with van der Waals surface area (Å²) in [5.41, 5.74) is 2.26. The van der Waals surface area contributed by atoms with Crippen LogP contribution < -0.4 is 0 Å². The third-order valence-electron chi connectivity index (χ3n) is 5.99. The van der Waals surface area contributed by atoms with Gasteiger partial charge in [0.25, 0.3) is 0 Å². The van der Waals surface area contributed by atoms with Gasteiger partial charge in [-0.1, -0.05) is 25.7 Å². The average Bonchev–Trinajstić information content (AvgIpc) is 3.26. The molecule has 1 aliphatic carbocycles. The number of hydrogen-bond acceptors (Lipinski definition) is 3. The lowest BCUT2D eigenvalue weighted by Crippen LogP contribution is -2.51. The van der Waals surface area contributed by atoms with Gasteiger partial charge in [-0.15, -0.1) is 0 Å². The Labute approximate surface area is 155 Å². The van der Waals surface area contributed by atoms with Crippen molar-refractivity contribution in [3.8, 4) is 11.4 Å². The summed E-state index contributed by atoms with van der Waals surface area (Å²) < 4.78 is 2.28. The summed E-state index contributed by atoms with van der Waals surface area (Å²) in [5.74, 6) is 2.67. The van der Waals surface area contributed by atoms with Gasteiger partial charge in [0.2, 0.25) is 5.91 Å². The van der Waals surface area contributed by atoms with Crippen LogP contribution in [0, 0.1) is 18.8 Å². The number of carbonyl (C=O) groups excluding carboxylic acids is 1. The van der Waals surface area contributed by atoms with Gasteiger partial charge in [0.1, 0.15) is 5.82 Å². The second-order valence-corrected chi connectivity index (χ2v) is 7.92. The summed E-state index contributed by atoms with van der Waals surface area (Å²) >= 11 is 0. The third-order valence-corrected chi connectivity index (χ3v) is 5.99. The Morgan fingerprint density at radius 3 is 2.62 bits per heavy atom. The highest BCUT2D eigenvalue weighted by molar-refractivity contribution is 5.77. The molecule has 0 bridgehead atoms. The van der Waals surface area contributed by atoms with Crippen molar-refractivity contribution in [2.24, 2.45) is 11.8 Å². The van der Waals surface area contributed by atoms with Crippen LogP contribution in [0.15, 0.2) is 30.7 Å². The van der Waals surface area contributed by atoms with Crippen molar-refractivity contribution in [3.63, 3.8) is 0 Å². The molecule has 0 aromatic carbocycles. The number of imidazole rings is 1. The number of pyridine rings is 1. The monoisotopic (exact) mass is 352 g/mol. The number of aryl methyl sites for hydroxylation is 1. The number of likely N-dealkylation sites (tertiary alicyclic amines) is 1. The van der Waals surface area contributed by atoms with E-state index in [-0.39, 0.29) is 0 Å². The van der Waals surface area contributed by atoms with E-state index in [4.69, 9.17) is 0 Å². The number of rotatable bonds is 6. The molecule has 4 rings (SSSR count). The lowest BCUT2D eigenvalue weighted by atomic mass is 9.97. The van der Waals surface area contributed by atoms with E-state index in [1.54, 1.807) is 12.4 Å². The molecule has 1 aliphatic heterocycles. The van der Waals surface area contributed by atoms with Crippen molar-refractivity contribution < 1.29 is 4.79 Å². The van der Waals surface area contributed by atoms with Crippen LogP contribution in [0.4, 0.5) is 0 Å². The zero-order valence-corrected chi connectivity index (χ0v) is 15.6. The third kappa shape index (κ3) is 3.67. The first kappa shape index (κ1) is 17.3. The molecule has 2 aliphatic rings. The summed E-state index contributed by atoms with van der Waals surface area (Å²) in [5, 5.41) is 0. The summed E-state index contributed by atoms with van der Waals surface area (Å²) in [7, 11) is 0. The van der Waals surface area contributed by atoms with E-state index in [9.17, 15) is 4.79 Å². The first-order valence-electron chi connectivity index (χ1n) is 9.91. The molecule has 5 heteroatoms. The van der Waals surface area contributed by atoms with Gasteiger partial charge < -0.3 is 9.47 Å². The van der Waals surface area contributed by atoms with Crippen molar-refractivity contribution in [3.05, 3.63) is 36.4 Å². The Bertz CT molecular complexity index is 743. The van der Waals surface area contributed by atoms with E-state index in [0.717, 1.165) is 49.8 Å². The topological polar surface area (TPSA) is 51.0 Å². The van der Waals surface area contributed by atoms with Gasteiger partial charge in [0.05, 0.1) is 0 Å². The van der Waals surface area contributed by atoms with Crippen LogP contribution in [-0.4, -0.2) is 38.4 Å². The highest BCUT2D eigenvalue weighted by atomic mass is 16.2. The van der Waals surface area contributed by atoms with Crippen molar-refractivity contribution >= 4 is 5.91 Å². The van der Waals surface area contributed by atoms with E-state index in [2.05, 4.69) is 21.5 Å². The van der Waals surface area contributed by atoms with Crippen LogP contribution in [0.5, 0.6) is 0 Å². The Balaban J connectivity index is 1.30. The van der Waals surface area contributed by atoms with Crippen LogP contribution in [0.3, 0.4) is 0 Å². The Morgan fingerprint density at radius 2 is 1.88 bits per heavy atom. The number of amides is 1. The first-order valence-corrected chi connectivity index (χ1v) is 9.91. The van der Waals surface area contributed by atoms with E-state index < -0.39 is 0 Å². The number of aromatic nitrogens is 3. The van der Waals surface area contributed by atoms with Gasteiger partial charge in [-0.05, 0) is 31.4 Å². The van der Waals surface area contributed by atoms with Gasteiger partial charge in [-0.3, -0.25) is 9.78 Å². The van der Waals surface area contributed by atoms with E-state index in [1.807, 2.05) is 23.2 Å². The fraction of sp³-hybridized carbons (Fsp3) is 0.571. The molecule has 1 saturated heterocycles. The zero-order chi connectivity index (χ0) is 17.9. The fourth-order valence-corrected chi connectivity index (χ4v) is 4.35. The molecule has 0 atom stereocenters. The molecule has 0 radical (unpaired) electrons. The molecule has 1 saturated carbocycles. The second-order valence-electron chi connectivity index (χ2n) is 7.92. The Morgan fingerprint density at radius 1 is 1.15 bits per heavy atom. The molecule has 0 spiro atoms. The molecule has 0 unspecified atom stereocenters. The molecule has 2 aromatic rings. The second kappa shape index (κ2) is 7.60. The quantitative estimate of drug-likeness (QED) is 0.797. The standard InChI is InChI=1S/C21H28N4O/c1-16-12-23-21(19-8-10-22-11-9-19)25(16)15-18-13-24(14-18)20(26)7-6-17-4-2-3-5-17/h8-12,17-18H,2-7,13-15H2,1H3. The predicted molar refractivity (Wildman–Crippen MR) is 101 cm³/mol. The van der Waals surface area contributed by atoms with E-state index in [0.29, 0.717) is 11.8 Å². The van der Waals surface area contributed by atoms with Crippen LogP contribution in [-0.2, 0) is 11.3 Å². The number of carbonyl (C=O) groups is 1. The van der Waals surface area contributed by atoms with Crippen LogP contribution in [0.25, 0.3) is 11.4 Å². The van der Waals surface area contributed by atoms with Gasteiger partial charge in [-0.25, -0.2) is 4.98 Å². The molecule has 26 heavy (non-hydrogen) atoms. The SMILES string of the molecule is Cc1cnc(-c2ccncc2)n1CC1CN(C(=O)CCC2CCCC2)C1. The van der Waals surface area contributed by atoms with Crippen molar-refractivity contribution in [1.82, 2.24) is 19.4 Å².